The second-order valence-electron chi connectivity index (χ2n) is 5.71. The molecule has 0 aliphatic carbocycles. The fourth-order valence-corrected chi connectivity index (χ4v) is 5.92. The third-order valence-electron chi connectivity index (χ3n) is 4.09. The van der Waals surface area contributed by atoms with E-state index in [2.05, 4.69) is 80.6 Å². The van der Waals surface area contributed by atoms with E-state index >= 15 is 0 Å². The molecule has 0 saturated carbocycles. The van der Waals surface area contributed by atoms with Crippen molar-refractivity contribution in [1.29, 1.82) is 0 Å². The Balaban J connectivity index is 2.24. The summed E-state index contributed by atoms with van der Waals surface area (Å²) in [5.74, 6) is 0. The zero-order valence-electron chi connectivity index (χ0n) is 12.3. The van der Waals surface area contributed by atoms with E-state index in [-0.39, 0.29) is 0 Å². The molecule has 0 unspecified atom stereocenters. The fourth-order valence-electron chi connectivity index (χ4n) is 3.09. The average molecular weight is 288 g/mol. The molecular weight excluding hydrogens is 271 g/mol. The predicted octanol–water partition coefficient (Wildman–Crippen LogP) is 6.59. The van der Waals surface area contributed by atoms with E-state index in [9.17, 15) is 0 Å². The van der Waals surface area contributed by atoms with Crippen LogP contribution in [0.3, 0.4) is 0 Å². The van der Waals surface area contributed by atoms with Gasteiger partial charge < -0.3 is 0 Å². The number of fused-ring (bicyclic) bond motifs is 3. The first kappa shape index (κ1) is 12.7. The van der Waals surface area contributed by atoms with E-state index in [1.54, 1.807) is 0 Å². The number of hydrogen-bond donors (Lipinski definition) is 0. The molecule has 0 radical (unpaired) electrons. The van der Waals surface area contributed by atoms with Crippen LogP contribution in [0.1, 0.15) is 11.1 Å². The molecule has 1 heteroatoms. The summed E-state index contributed by atoms with van der Waals surface area (Å²) in [4.78, 5) is 0. The molecule has 0 amide bonds. The molecule has 0 aliphatic rings. The standard InChI is InChI=1S/C20H17P/c1-14-8-10-17-18-11-9-15(2)13-20(18)21(19(17)12-14)16-6-4-3-5-7-16/h3-13H,1-2H3. The SMILES string of the molecule is Cc1ccc2c3ccc(C)cc3p(-c3ccccc3)c2c1. The molecule has 21 heavy (non-hydrogen) atoms. The van der Waals surface area contributed by atoms with Crippen LogP contribution in [0.15, 0.2) is 66.7 Å². The lowest BCUT2D eigenvalue weighted by Crippen LogP contribution is -1.71. The van der Waals surface area contributed by atoms with E-state index in [0.717, 1.165) is 0 Å². The summed E-state index contributed by atoms with van der Waals surface area (Å²) in [5, 5.41) is 7.31. The van der Waals surface area contributed by atoms with Crippen molar-refractivity contribution in [1.82, 2.24) is 0 Å². The third kappa shape index (κ3) is 1.99. The molecule has 0 fully saturated rings. The second kappa shape index (κ2) is 4.76. The molecule has 0 spiro atoms. The Bertz CT molecular complexity index is 887. The highest BCUT2D eigenvalue weighted by molar-refractivity contribution is 7.67. The van der Waals surface area contributed by atoms with Gasteiger partial charge in [-0.15, -0.1) is 0 Å². The van der Waals surface area contributed by atoms with Crippen molar-refractivity contribution in [3.63, 3.8) is 0 Å². The molecule has 1 aromatic heterocycles. The van der Waals surface area contributed by atoms with Gasteiger partial charge in [0.2, 0.25) is 0 Å². The minimum atomic E-state index is -0.404. The maximum absolute atomic E-state index is 2.38. The highest BCUT2D eigenvalue weighted by Crippen LogP contribution is 2.55. The normalized spacial score (nSPS) is 11.3. The number of benzene rings is 3. The summed E-state index contributed by atoms with van der Waals surface area (Å²) in [6.07, 6.45) is 0. The van der Waals surface area contributed by atoms with Crippen molar-refractivity contribution in [2.24, 2.45) is 0 Å². The van der Waals surface area contributed by atoms with Gasteiger partial charge in [0.15, 0.2) is 0 Å². The van der Waals surface area contributed by atoms with Gasteiger partial charge in [-0.25, -0.2) is 0 Å². The van der Waals surface area contributed by atoms with Gasteiger partial charge in [0.1, 0.15) is 0 Å². The van der Waals surface area contributed by atoms with Crippen LogP contribution in [0.25, 0.3) is 26.3 Å². The molecule has 0 aliphatic heterocycles. The monoisotopic (exact) mass is 288 g/mol. The van der Waals surface area contributed by atoms with Gasteiger partial charge >= 0.3 is 0 Å². The molecule has 0 atom stereocenters. The van der Waals surface area contributed by atoms with E-state index in [0.29, 0.717) is 0 Å². The second-order valence-corrected chi connectivity index (χ2v) is 7.86. The lowest BCUT2D eigenvalue weighted by Gasteiger charge is -2.04. The highest BCUT2D eigenvalue weighted by atomic mass is 31.1. The summed E-state index contributed by atoms with van der Waals surface area (Å²) in [5.41, 5.74) is 2.70. The Hall–Kier alpha value is -2.04. The summed E-state index contributed by atoms with van der Waals surface area (Å²) in [7, 11) is -0.404. The lowest BCUT2D eigenvalue weighted by atomic mass is 10.1. The van der Waals surface area contributed by atoms with Crippen LogP contribution >= 0.6 is 7.53 Å². The van der Waals surface area contributed by atoms with Crippen molar-refractivity contribution < 1.29 is 0 Å². The average Bonchev–Trinajstić information content (AvgIpc) is 2.80. The van der Waals surface area contributed by atoms with Crippen LogP contribution < -0.4 is 0 Å². The van der Waals surface area contributed by atoms with Crippen molar-refractivity contribution >= 4 is 28.5 Å². The van der Waals surface area contributed by atoms with Crippen molar-refractivity contribution in [2.45, 2.75) is 13.8 Å². The summed E-state index contributed by atoms with van der Waals surface area (Å²) in [6.45, 7) is 4.38. The number of rotatable bonds is 1. The minimum Gasteiger partial charge on any atom is -0.0772 e. The van der Waals surface area contributed by atoms with Gasteiger partial charge in [-0.05, 0) is 42.1 Å². The fraction of sp³-hybridized carbons (Fsp3) is 0.100. The predicted molar refractivity (Wildman–Crippen MR) is 95.0 cm³/mol. The minimum absolute atomic E-state index is 0.404. The molecule has 0 bridgehead atoms. The van der Waals surface area contributed by atoms with Gasteiger partial charge in [0, 0.05) is 10.2 Å². The lowest BCUT2D eigenvalue weighted by molar-refractivity contribution is 1.51. The van der Waals surface area contributed by atoms with Gasteiger partial charge in [-0.2, -0.15) is 0 Å². The van der Waals surface area contributed by atoms with E-state index in [1.807, 2.05) is 0 Å². The molecule has 0 nitrogen and oxygen atoms in total. The molecule has 3 aromatic carbocycles. The van der Waals surface area contributed by atoms with E-state index < -0.39 is 7.53 Å². The van der Waals surface area contributed by atoms with Gasteiger partial charge in [0.25, 0.3) is 0 Å². The molecule has 4 aromatic rings. The van der Waals surface area contributed by atoms with E-state index in [4.69, 9.17) is 0 Å². The molecular formula is C20H17P. The molecule has 0 N–H and O–H groups in total. The van der Waals surface area contributed by atoms with Crippen LogP contribution in [-0.2, 0) is 0 Å². The first-order valence-electron chi connectivity index (χ1n) is 7.31. The Morgan fingerprint density at radius 2 is 1.14 bits per heavy atom. The molecule has 0 saturated heterocycles. The Labute approximate surface area is 126 Å². The third-order valence-corrected chi connectivity index (χ3v) is 6.61. The largest absolute Gasteiger partial charge is 0.0772 e. The van der Waals surface area contributed by atoms with Crippen molar-refractivity contribution in [3.8, 4) is 5.30 Å². The Morgan fingerprint density at radius 3 is 1.67 bits per heavy atom. The van der Waals surface area contributed by atoms with Gasteiger partial charge in [0.05, 0.1) is 0 Å². The summed E-state index contributed by atoms with van der Waals surface area (Å²) >= 11 is 0. The van der Waals surface area contributed by atoms with Crippen LogP contribution in [0.2, 0.25) is 0 Å². The zero-order chi connectivity index (χ0) is 14.4. The highest BCUT2D eigenvalue weighted by Gasteiger charge is 2.13. The van der Waals surface area contributed by atoms with Gasteiger partial charge in [-0.3, -0.25) is 0 Å². The first-order chi connectivity index (χ1) is 10.2. The van der Waals surface area contributed by atoms with Crippen molar-refractivity contribution in [3.05, 3.63) is 77.9 Å². The maximum atomic E-state index is 2.38. The van der Waals surface area contributed by atoms with Crippen LogP contribution in [0.5, 0.6) is 0 Å². The van der Waals surface area contributed by atoms with Gasteiger partial charge in [-0.1, -0.05) is 73.3 Å². The van der Waals surface area contributed by atoms with E-state index in [1.165, 1.54) is 37.4 Å². The Kier molecular flexibility index (Phi) is 2.87. The summed E-state index contributed by atoms with van der Waals surface area (Å²) in [6, 6.07) is 24.8. The van der Waals surface area contributed by atoms with Crippen LogP contribution in [0, 0.1) is 13.8 Å². The molecule has 1 heterocycles. The maximum Gasteiger partial charge on any atom is 0.00709 e. The van der Waals surface area contributed by atoms with Crippen molar-refractivity contribution in [2.75, 3.05) is 0 Å². The quantitative estimate of drug-likeness (QED) is 0.371. The topological polar surface area (TPSA) is 0 Å². The van der Waals surface area contributed by atoms with Crippen LogP contribution in [-0.4, -0.2) is 0 Å². The molecule has 4 rings (SSSR count). The van der Waals surface area contributed by atoms with Crippen LogP contribution in [0.4, 0.5) is 0 Å². The number of aryl methyl sites for hydroxylation is 2. The summed E-state index contributed by atoms with van der Waals surface area (Å²) < 4.78 is 0. The Morgan fingerprint density at radius 1 is 0.619 bits per heavy atom. The smallest absolute Gasteiger partial charge is 0.00709 e. The molecule has 102 valence electrons. The number of hydrogen-bond acceptors (Lipinski definition) is 0. The first-order valence-corrected chi connectivity index (χ1v) is 8.65. The zero-order valence-corrected chi connectivity index (χ0v) is 13.2.